The molecular formula is C23H18N2O7. The second-order valence-corrected chi connectivity index (χ2v) is 6.45. The Morgan fingerprint density at radius 3 is 1.75 bits per heavy atom. The first kappa shape index (κ1) is 22.2. The molecule has 9 nitrogen and oxygen atoms in total. The number of nitrogens with zero attached hydrogens (tertiary/aromatic N) is 1. The van der Waals surface area contributed by atoms with Gasteiger partial charge in [-0.15, -0.1) is 0 Å². The molecule has 0 saturated carbocycles. The Balaban J connectivity index is 1.88. The number of aromatic nitrogens is 1. The zero-order chi connectivity index (χ0) is 22.9. The first-order valence-corrected chi connectivity index (χ1v) is 9.41. The summed E-state index contributed by atoms with van der Waals surface area (Å²) < 4.78 is 10.3. The van der Waals surface area contributed by atoms with Gasteiger partial charge in [-0.25, -0.2) is 14.4 Å². The predicted octanol–water partition coefficient (Wildman–Crippen LogP) is 2.56. The Morgan fingerprint density at radius 1 is 0.750 bits per heavy atom. The average molecular weight is 434 g/mol. The van der Waals surface area contributed by atoms with Crippen LogP contribution in [0.5, 0.6) is 0 Å². The molecule has 162 valence electrons. The highest BCUT2D eigenvalue weighted by Gasteiger charge is 2.41. The Hall–Kier alpha value is -4.53. The standard InChI is InChI=1S/C23H18N2O7/c26-20(25-17-12-7-13-24-14-17)18(31-22(29)15-8-3-1-4-9-15)19(21(27)28)32-23(30)16-10-5-2-6-11-16/h1-14,18-19H,(H,25,26)(H,27,28)/t18-,19-/m0/s1. The summed E-state index contributed by atoms with van der Waals surface area (Å²) in [5, 5.41) is 12.1. The fraction of sp³-hybridized carbons (Fsp3) is 0.0870. The van der Waals surface area contributed by atoms with Crippen LogP contribution in [0, 0.1) is 0 Å². The maximum atomic E-state index is 12.9. The lowest BCUT2D eigenvalue weighted by Gasteiger charge is -2.23. The number of amides is 1. The maximum absolute atomic E-state index is 12.9. The molecule has 2 atom stereocenters. The van der Waals surface area contributed by atoms with E-state index >= 15 is 0 Å². The van der Waals surface area contributed by atoms with Crippen LogP contribution in [-0.4, -0.2) is 46.1 Å². The van der Waals surface area contributed by atoms with Crippen molar-refractivity contribution in [2.24, 2.45) is 0 Å². The topological polar surface area (TPSA) is 132 Å². The summed E-state index contributed by atoms with van der Waals surface area (Å²) in [6.45, 7) is 0. The lowest BCUT2D eigenvalue weighted by Crippen LogP contribution is -2.48. The zero-order valence-electron chi connectivity index (χ0n) is 16.6. The van der Waals surface area contributed by atoms with E-state index in [2.05, 4.69) is 10.3 Å². The highest BCUT2D eigenvalue weighted by Crippen LogP contribution is 2.15. The molecular weight excluding hydrogens is 416 g/mol. The number of aliphatic carboxylic acids is 1. The van der Waals surface area contributed by atoms with Crippen LogP contribution in [0.3, 0.4) is 0 Å². The number of carbonyl (C=O) groups is 4. The number of benzene rings is 2. The second-order valence-electron chi connectivity index (χ2n) is 6.45. The van der Waals surface area contributed by atoms with Crippen LogP contribution < -0.4 is 5.32 Å². The van der Waals surface area contributed by atoms with Crippen molar-refractivity contribution in [2.45, 2.75) is 12.2 Å². The quantitative estimate of drug-likeness (QED) is 0.517. The highest BCUT2D eigenvalue weighted by molar-refractivity contribution is 6.01. The van der Waals surface area contributed by atoms with Crippen molar-refractivity contribution in [3.63, 3.8) is 0 Å². The molecule has 0 unspecified atom stereocenters. The number of hydrogen-bond acceptors (Lipinski definition) is 7. The number of esters is 2. The minimum atomic E-state index is -2.10. The van der Waals surface area contributed by atoms with Crippen LogP contribution in [0.25, 0.3) is 0 Å². The summed E-state index contributed by atoms with van der Waals surface area (Å²) in [7, 11) is 0. The van der Waals surface area contributed by atoms with E-state index in [0.29, 0.717) is 0 Å². The molecule has 0 radical (unpaired) electrons. The van der Waals surface area contributed by atoms with E-state index in [1.165, 1.54) is 42.7 Å². The molecule has 1 amide bonds. The van der Waals surface area contributed by atoms with Crippen LogP contribution in [-0.2, 0) is 19.1 Å². The van der Waals surface area contributed by atoms with Crippen molar-refractivity contribution in [3.05, 3.63) is 96.3 Å². The number of carboxylic acids is 1. The molecule has 9 heteroatoms. The number of pyridine rings is 1. The second kappa shape index (κ2) is 10.5. The molecule has 0 aliphatic heterocycles. The molecule has 32 heavy (non-hydrogen) atoms. The average Bonchev–Trinajstić information content (AvgIpc) is 2.82. The normalized spacial score (nSPS) is 12.1. The number of hydrogen-bond donors (Lipinski definition) is 2. The summed E-state index contributed by atoms with van der Waals surface area (Å²) in [5.41, 5.74) is 0.390. The van der Waals surface area contributed by atoms with Gasteiger partial charge in [0.25, 0.3) is 5.91 Å². The van der Waals surface area contributed by atoms with Gasteiger partial charge in [0, 0.05) is 6.20 Å². The molecule has 3 rings (SSSR count). The monoisotopic (exact) mass is 434 g/mol. The van der Waals surface area contributed by atoms with E-state index in [4.69, 9.17) is 9.47 Å². The van der Waals surface area contributed by atoms with Crippen molar-refractivity contribution in [1.82, 2.24) is 4.98 Å². The highest BCUT2D eigenvalue weighted by atomic mass is 16.6. The van der Waals surface area contributed by atoms with Crippen molar-refractivity contribution in [3.8, 4) is 0 Å². The number of nitrogens with one attached hydrogen (secondary N) is 1. The van der Waals surface area contributed by atoms with Crippen LogP contribution in [0.4, 0.5) is 5.69 Å². The molecule has 2 N–H and O–H groups in total. The van der Waals surface area contributed by atoms with Gasteiger partial charge in [0.1, 0.15) is 0 Å². The van der Waals surface area contributed by atoms with Crippen molar-refractivity contribution >= 4 is 29.5 Å². The lowest BCUT2D eigenvalue weighted by atomic mass is 10.1. The fourth-order valence-electron chi connectivity index (χ4n) is 2.66. The molecule has 1 aromatic heterocycles. The molecule has 2 aromatic carbocycles. The van der Waals surface area contributed by atoms with Crippen LogP contribution in [0.15, 0.2) is 85.2 Å². The molecule has 0 spiro atoms. The molecule has 0 fully saturated rings. The minimum Gasteiger partial charge on any atom is -0.478 e. The molecule has 0 aliphatic rings. The fourth-order valence-corrected chi connectivity index (χ4v) is 2.66. The number of anilines is 1. The Kier molecular flexibility index (Phi) is 7.26. The van der Waals surface area contributed by atoms with E-state index in [1.54, 1.807) is 42.5 Å². The van der Waals surface area contributed by atoms with Crippen LogP contribution in [0.1, 0.15) is 20.7 Å². The van der Waals surface area contributed by atoms with Gasteiger partial charge in [0.15, 0.2) is 0 Å². The van der Waals surface area contributed by atoms with E-state index in [1.807, 2.05) is 0 Å². The van der Waals surface area contributed by atoms with E-state index in [9.17, 15) is 24.3 Å². The smallest absolute Gasteiger partial charge is 0.349 e. The van der Waals surface area contributed by atoms with Gasteiger partial charge in [-0.2, -0.15) is 0 Å². The third-order valence-corrected chi connectivity index (χ3v) is 4.19. The Morgan fingerprint density at radius 2 is 1.28 bits per heavy atom. The number of carboxylic acid groups (broad SMARTS) is 1. The molecule has 1 heterocycles. The van der Waals surface area contributed by atoms with Gasteiger partial charge in [-0.1, -0.05) is 36.4 Å². The summed E-state index contributed by atoms with van der Waals surface area (Å²) in [4.78, 5) is 53.6. The first-order valence-electron chi connectivity index (χ1n) is 9.41. The molecule has 0 saturated heterocycles. The largest absolute Gasteiger partial charge is 0.478 e. The predicted molar refractivity (Wildman–Crippen MR) is 112 cm³/mol. The van der Waals surface area contributed by atoms with Gasteiger partial charge >= 0.3 is 17.9 Å². The molecule has 3 aromatic rings. The van der Waals surface area contributed by atoms with Gasteiger partial charge < -0.3 is 19.9 Å². The van der Waals surface area contributed by atoms with E-state index in [-0.39, 0.29) is 16.8 Å². The van der Waals surface area contributed by atoms with E-state index < -0.39 is 36.0 Å². The summed E-state index contributed by atoms with van der Waals surface area (Å²) in [6, 6.07) is 18.4. The third-order valence-electron chi connectivity index (χ3n) is 4.19. The Bertz CT molecular complexity index is 1090. The number of carbonyl (C=O) groups excluding carboxylic acids is 3. The zero-order valence-corrected chi connectivity index (χ0v) is 16.6. The molecule has 0 bridgehead atoms. The molecule has 0 aliphatic carbocycles. The summed E-state index contributed by atoms with van der Waals surface area (Å²) >= 11 is 0. The third kappa shape index (κ3) is 5.76. The van der Waals surface area contributed by atoms with Crippen LogP contribution in [0.2, 0.25) is 0 Å². The van der Waals surface area contributed by atoms with Crippen molar-refractivity contribution in [1.29, 1.82) is 0 Å². The van der Waals surface area contributed by atoms with E-state index in [0.717, 1.165) is 0 Å². The SMILES string of the molecule is O=C(O[C@H](C(=O)O)[C@H](OC(=O)c1ccccc1)C(=O)Nc1cccnc1)c1ccccc1. The van der Waals surface area contributed by atoms with Gasteiger partial charge in [0.05, 0.1) is 23.0 Å². The summed E-state index contributed by atoms with van der Waals surface area (Å²) in [6.07, 6.45) is -1.29. The van der Waals surface area contributed by atoms with Gasteiger partial charge in [-0.3, -0.25) is 9.78 Å². The minimum absolute atomic E-state index is 0.0690. The number of rotatable bonds is 8. The van der Waals surface area contributed by atoms with Crippen LogP contribution >= 0.6 is 0 Å². The van der Waals surface area contributed by atoms with Crippen molar-refractivity contribution < 1.29 is 33.8 Å². The first-order chi connectivity index (χ1) is 15.5. The Labute approximate surface area is 182 Å². The lowest BCUT2D eigenvalue weighted by molar-refractivity contribution is -0.157. The summed E-state index contributed by atoms with van der Waals surface area (Å²) in [5.74, 6) is -4.62. The maximum Gasteiger partial charge on any atom is 0.349 e. The van der Waals surface area contributed by atoms with Crippen molar-refractivity contribution in [2.75, 3.05) is 5.32 Å². The number of ether oxygens (including phenoxy) is 2. The van der Waals surface area contributed by atoms with Gasteiger partial charge in [-0.05, 0) is 36.4 Å². The van der Waals surface area contributed by atoms with Gasteiger partial charge in [0.2, 0.25) is 12.2 Å².